The molecule has 1 saturated carbocycles. The fourth-order valence-corrected chi connectivity index (χ4v) is 6.70. The number of nitrogens with zero attached hydrogens (tertiary/aromatic N) is 5. The molecular weight excluding hydrogens is 486 g/mol. The van der Waals surface area contributed by atoms with E-state index in [1.54, 1.807) is 0 Å². The molecule has 0 spiro atoms. The van der Waals surface area contributed by atoms with E-state index in [1.807, 2.05) is 31.8 Å². The van der Waals surface area contributed by atoms with Crippen LogP contribution in [0.2, 0.25) is 0 Å². The summed E-state index contributed by atoms with van der Waals surface area (Å²) >= 11 is 0. The molecule has 200 valence electrons. The summed E-state index contributed by atoms with van der Waals surface area (Å²) in [6.45, 7) is 5.51. The molecule has 7 nitrogen and oxygen atoms in total. The Balaban J connectivity index is 1.53. The summed E-state index contributed by atoms with van der Waals surface area (Å²) in [5.41, 5.74) is 7.46. The van der Waals surface area contributed by atoms with Gasteiger partial charge < -0.3 is 14.4 Å². The fourth-order valence-electron chi connectivity index (χ4n) is 6.70. The van der Waals surface area contributed by atoms with Crippen LogP contribution in [0.3, 0.4) is 0 Å². The van der Waals surface area contributed by atoms with Gasteiger partial charge in [-0.05, 0) is 74.6 Å². The van der Waals surface area contributed by atoms with Crippen LogP contribution in [0.15, 0.2) is 60.8 Å². The van der Waals surface area contributed by atoms with Crippen molar-refractivity contribution in [3.05, 3.63) is 77.6 Å². The highest BCUT2D eigenvalue weighted by atomic mass is 16.5. The summed E-state index contributed by atoms with van der Waals surface area (Å²) in [6, 6.07) is 19.7. The Hall–Kier alpha value is -3.55. The predicted octanol–water partition coefficient (Wildman–Crippen LogP) is 5.93. The predicted molar refractivity (Wildman–Crippen MR) is 152 cm³/mol. The second-order valence-corrected chi connectivity index (χ2v) is 11.6. The topological polar surface area (TPSA) is 78.0 Å². The number of pyridine rings is 1. The third kappa shape index (κ3) is 4.07. The zero-order valence-electron chi connectivity index (χ0n) is 22.8. The molecule has 2 atom stereocenters. The van der Waals surface area contributed by atoms with Crippen molar-refractivity contribution >= 4 is 21.9 Å². The Bertz CT molecular complexity index is 1640. The fraction of sp³-hybridized carbons (Fsp3) is 0.406. The lowest BCUT2D eigenvalue weighted by molar-refractivity contribution is 0.0332. The molecule has 1 saturated heterocycles. The zero-order valence-corrected chi connectivity index (χ0v) is 22.8. The highest BCUT2D eigenvalue weighted by Gasteiger charge is 2.41. The number of benzene rings is 2. The standard InChI is InChI=1S/C32H35N5O2/c1-20-30(36(3)35-34-20)23-17-28-29(33-19-23)26-12-11-25(32(2,38)24-9-10-24)18-27(26)37(28)31(21-7-5-4-6-8-21)22-13-15-39-16-14-22/h4-8,11-12,17-19,22,24,31,38H,9-10,13-16H2,1-3H3. The van der Waals surface area contributed by atoms with Crippen LogP contribution in [-0.4, -0.2) is 42.9 Å². The van der Waals surface area contributed by atoms with Crippen molar-refractivity contribution in [3.8, 4) is 11.3 Å². The lowest BCUT2D eigenvalue weighted by Gasteiger charge is -2.33. The van der Waals surface area contributed by atoms with E-state index in [2.05, 4.69) is 69.5 Å². The number of ether oxygens (including phenoxy) is 1. The average Bonchev–Trinajstić information content (AvgIpc) is 3.71. The number of hydrogen-bond donors (Lipinski definition) is 1. The first-order chi connectivity index (χ1) is 18.9. The maximum Gasteiger partial charge on any atom is 0.0960 e. The van der Waals surface area contributed by atoms with E-state index in [9.17, 15) is 5.11 Å². The lowest BCUT2D eigenvalue weighted by Crippen LogP contribution is -2.27. The molecule has 1 N–H and O–H groups in total. The molecule has 0 amide bonds. The molecule has 3 aromatic heterocycles. The van der Waals surface area contributed by atoms with E-state index in [1.165, 1.54) is 5.56 Å². The van der Waals surface area contributed by atoms with Gasteiger partial charge in [-0.15, -0.1) is 5.10 Å². The van der Waals surface area contributed by atoms with Crippen molar-refractivity contribution in [2.75, 3.05) is 13.2 Å². The molecule has 4 heterocycles. The van der Waals surface area contributed by atoms with E-state index in [0.29, 0.717) is 11.8 Å². The molecule has 2 unspecified atom stereocenters. The van der Waals surface area contributed by atoms with Gasteiger partial charge >= 0.3 is 0 Å². The third-order valence-electron chi connectivity index (χ3n) is 9.00. The van der Waals surface area contributed by atoms with Crippen LogP contribution in [0.5, 0.6) is 0 Å². The van der Waals surface area contributed by atoms with Crippen molar-refractivity contribution < 1.29 is 9.84 Å². The average molecular weight is 522 g/mol. The SMILES string of the molecule is Cc1nnn(C)c1-c1cnc2c3ccc(C(C)(O)C4CC4)cc3n(C(c3ccccc3)C3CCOCC3)c2c1. The van der Waals surface area contributed by atoms with Crippen LogP contribution < -0.4 is 0 Å². The van der Waals surface area contributed by atoms with E-state index in [-0.39, 0.29) is 6.04 Å². The highest BCUT2D eigenvalue weighted by Crippen LogP contribution is 2.47. The molecule has 0 radical (unpaired) electrons. The number of hydrogen-bond acceptors (Lipinski definition) is 5. The normalized spacial score (nSPS) is 19.0. The van der Waals surface area contributed by atoms with Crippen LogP contribution in [0.4, 0.5) is 0 Å². The number of rotatable bonds is 6. The molecule has 1 aliphatic heterocycles. The van der Waals surface area contributed by atoms with E-state index < -0.39 is 5.60 Å². The van der Waals surface area contributed by atoms with Gasteiger partial charge in [0.1, 0.15) is 0 Å². The Morgan fingerprint density at radius 1 is 1.00 bits per heavy atom. The minimum absolute atomic E-state index is 0.110. The van der Waals surface area contributed by atoms with Crippen LogP contribution >= 0.6 is 0 Å². The quantitative estimate of drug-likeness (QED) is 0.300. The van der Waals surface area contributed by atoms with Gasteiger partial charge in [0.05, 0.1) is 39.6 Å². The first-order valence-corrected chi connectivity index (χ1v) is 14.1. The monoisotopic (exact) mass is 521 g/mol. The minimum atomic E-state index is -0.841. The summed E-state index contributed by atoms with van der Waals surface area (Å²) < 4.78 is 10.1. The van der Waals surface area contributed by atoms with Gasteiger partial charge in [0, 0.05) is 37.4 Å². The maximum absolute atomic E-state index is 11.5. The van der Waals surface area contributed by atoms with E-state index >= 15 is 0 Å². The summed E-state index contributed by atoms with van der Waals surface area (Å²) in [7, 11) is 1.93. The van der Waals surface area contributed by atoms with Crippen molar-refractivity contribution in [1.29, 1.82) is 0 Å². The molecule has 39 heavy (non-hydrogen) atoms. The zero-order chi connectivity index (χ0) is 26.7. The molecule has 1 aliphatic carbocycles. The molecule has 7 rings (SSSR count). The number of aliphatic hydroxyl groups is 1. The Morgan fingerprint density at radius 3 is 2.46 bits per heavy atom. The van der Waals surface area contributed by atoms with Gasteiger partial charge in [-0.1, -0.05) is 47.7 Å². The van der Waals surface area contributed by atoms with Crippen molar-refractivity contribution in [1.82, 2.24) is 24.5 Å². The summed E-state index contributed by atoms with van der Waals surface area (Å²) in [4.78, 5) is 5.05. The Kier molecular flexibility index (Phi) is 5.83. The van der Waals surface area contributed by atoms with E-state index in [0.717, 1.165) is 83.3 Å². The molecule has 2 aromatic carbocycles. The van der Waals surface area contributed by atoms with Crippen molar-refractivity contribution in [3.63, 3.8) is 0 Å². The molecule has 5 aromatic rings. The van der Waals surface area contributed by atoms with Crippen LogP contribution in [0.1, 0.15) is 55.5 Å². The Morgan fingerprint density at radius 2 is 1.77 bits per heavy atom. The molecule has 0 bridgehead atoms. The first kappa shape index (κ1) is 24.5. The van der Waals surface area contributed by atoms with Crippen LogP contribution in [0, 0.1) is 18.8 Å². The van der Waals surface area contributed by atoms with Crippen LogP contribution in [-0.2, 0) is 17.4 Å². The van der Waals surface area contributed by atoms with Gasteiger partial charge in [0.2, 0.25) is 0 Å². The van der Waals surface area contributed by atoms with E-state index in [4.69, 9.17) is 9.72 Å². The minimum Gasteiger partial charge on any atom is -0.385 e. The second kappa shape index (κ2) is 9.28. The molecular formula is C32H35N5O2. The first-order valence-electron chi connectivity index (χ1n) is 14.1. The van der Waals surface area contributed by atoms with Gasteiger partial charge in [-0.2, -0.15) is 0 Å². The molecule has 2 fully saturated rings. The number of aryl methyl sites for hydroxylation is 2. The van der Waals surface area contributed by atoms with Crippen LogP contribution in [0.25, 0.3) is 33.2 Å². The highest BCUT2D eigenvalue weighted by molar-refractivity contribution is 6.07. The van der Waals surface area contributed by atoms with Gasteiger partial charge in [-0.25, -0.2) is 4.68 Å². The second-order valence-electron chi connectivity index (χ2n) is 11.6. The van der Waals surface area contributed by atoms with Gasteiger partial charge in [0.15, 0.2) is 0 Å². The van der Waals surface area contributed by atoms with Crippen molar-refractivity contribution in [2.45, 2.75) is 51.2 Å². The largest absolute Gasteiger partial charge is 0.385 e. The van der Waals surface area contributed by atoms with Gasteiger partial charge in [0.25, 0.3) is 0 Å². The number of fused-ring (bicyclic) bond motifs is 3. The summed E-state index contributed by atoms with van der Waals surface area (Å²) in [6.07, 6.45) is 6.09. The summed E-state index contributed by atoms with van der Waals surface area (Å²) in [5.74, 6) is 0.731. The third-order valence-corrected chi connectivity index (χ3v) is 9.00. The van der Waals surface area contributed by atoms with Gasteiger partial charge in [-0.3, -0.25) is 4.98 Å². The number of aromatic nitrogens is 5. The lowest BCUT2D eigenvalue weighted by atomic mass is 9.86. The molecule has 7 heteroatoms. The molecule has 2 aliphatic rings. The smallest absolute Gasteiger partial charge is 0.0960 e. The maximum atomic E-state index is 11.5. The van der Waals surface area contributed by atoms with Crippen molar-refractivity contribution in [2.24, 2.45) is 18.9 Å². The summed E-state index contributed by atoms with van der Waals surface area (Å²) in [5, 5.41) is 21.2. The Labute approximate surface area is 228 Å².